The van der Waals surface area contributed by atoms with Gasteiger partial charge in [-0.05, 0) is 53.6 Å². The summed E-state index contributed by atoms with van der Waals surface area (Å²) in [5.74, 6) is 0.712. The van der Waals surface area contributed by atoms with Gasteiger partial charge in [0.15, 0.2) is 0 Å². The minimum absolute atomic E-state index is 0.322. The number of nitrogens with zero attached hydrogens (tertiary/aromatic N) is 3. The number of anilines is 1. The van der Waals surface area contributed by atoms with Crippen molar-refractivity contribution in [3.63, 3.8) is 0 Å². The molecule has 0 radical (unpaired) electrons. The molecule has 0 bridgehead atoms. The third-order valence-electron chi connectivity index (χ3n) is 5.15. The number of halogens is 4. The van der Waals surface area contributed by atoms with E-state index in [4.69, 9.17) is 11.6 Å². The summed E-state index contributed by atoms with van der Waals surface area (Å²) in [6, 6.07) is 16.2. The van der Waals surface area contributed by atoms with Crippen LogP contribution in [0.3, 0.4) is 0 Å². The Morgan fingerprint density at radius 3 is 2.50 bits per heavy atom. The molecule has 3 aromatic rings. The number of rotatable bonds is 4. The lowest BCUT2D eigenvalue weighted by molar-refractivity contribution is -0.137. The molecule has 1 aliphatic heterocycles. The number of aromatic nitrogens is 1. The van der Waals surface area contributed by atoms with Crippen LogP contribution < -0.4 is 4.90 Å². The fraction of sp³-hybridized carbons (Fsp3) is 0.174. The lowest BCUT2D eigenvalue weighted by Gasteiger charge is -2.27. The summed E-state index contributed by atoms with van der Waals surface area (Å²) >= 11 is 6.03. The zero-order chi connectivity index (χ0) is 21.3. The van der Waals surface area contributed by atoms with Gasteiger partial charge in [0.05, 0.1) is 11.6 Å². The standard InChI is InChI=1S/C23H19ClF3N3/c1-16-29(14-17-4-3-11-28-13-17)15-22(30(16)21-9-7-20(24)8-10-21)18-5-2-6-19(12-18)23(25,26)27/h2-13,22H,1,14-15H2. The van der Waals surface area contributed by atoms with E-state index in [-0.39, 0.29) is 6.04 Å². The largest absolute Gasteiger partial charge is 0.416 e. The first-order chi connectivity index (χ1) is 14.3. The van der Waals surface area contributed by atoms with Crippen LogP contribution in [0.15, 0.2) is 85.5 Å². The van der Waals surface area contributed by atoms with Gasteiger partial charge >= 0.3 is 6.18 Å². The number of alkyl halides is 3. The predicted molar refractivity (Wildman–Crippen MR) is 112 cm³/mol. The van der Waals surface area contributed by atoms with Gasteiger partial charge in [0.1, 0.15) is 5.82 Å². The average Bonchev–Trinajstić information content (AvgIpc) is 3.05. The molecule has 30 heavy (non-hydrogen) atoms. The van der Waals surface area contributed by atoms with E-state index in [1.807, 2.05) is 29.2 Å². The summed E-state index contributed by atoms with van der Waals surface area (Å²) in [5.41, 5.74) is 1.74. The van der Waals surface area contributed by atoms with E-state index in [0.29, 0.717) is 29.5 Å². The quantitative estimate of drug-likeness (QED) is 0.486. The van der Waals surface area contributed by atoms with Crippen molar-refractivity contribution in [2.24, 2.45) is 0 Å². The zero-order valence-electron chi connectivity index (χ0n) is 16.0. The molecule has 1 fully saturated rings. The summed E-state index contributed by atoms with van der Waals surface area (Å²) in [4.78, 5) is 8.16. The average molecular weight is 430 g/mol. The Morgan fingerprint density at radius 2 is 1.83 bits per heavy atom. The minimum atomic E-state index is -4.40. The molecule has 1 saturated heterocycles. The van der Waals surface area contributed by atoms with E-state index in [1.165, 1.54) is 12.1 Å². The molecule has 4 rings (SSSR count). The van der Waals surface area contributed by atoms with E-state index in [1.54, 1.807) is 30.6 Å². The molecule has 154 valence electrons. The molecule has 0 aliphatic carbocycles. The van der Waals surface area contributed by atoms with Crippen molar-refractivity contribution < 1.29 is 13.2 Å². The minimum Gasteiger partial charge on any atom is -0.352 e. The van der Waals surface area contributed by atoms with Crippen molar-refractivity contribution in [2.45, 2.75) is 18.8 Å². The third-order valence-corrected chi connectivity index (χ3v) is 5.40. The van der Waals surface area contributed by atoms with E-state index in [0.717, 1.165) is 17.3 Å². The number of pyridine rings is 1. The predicted octanol–water partition coefficient (Wildman–Crippen LogP) is 6.29. The lowest BCUT2D eigenvalue weighted by atomic mass is 10.0. The highest BCUT2D eigenvalue weighted by atomic mass is 35.5. The van der Waals surface area contributed by atoms with Gasteiger partial charge in [-0.1, -0.05) is 36.4 Å². The van der Waals surface area contributed by atoms with Crippen LogP contribution in [0.1, 0.15) is 22.7 Å². The van der Waals surface area contributed by atoms with Crippen LogP contribution in [0.5, 0.6) is 0 Å². The Labute approximate surface area is 178 Å². The lowest BCUT2D eigenvalue weighted by Crippen LogP contribution is -2.23. The molecule has 1 atom stereocenters. The third kappa shape index (κ3) is 4.14. The van der Waals surface area contributed by atoms with Crippen molar-refractivity contribution in [1.82, 2.24) is 9.88 Å². The Hall–Kier alpha value is -2.99. The Morgan fingerprint density at radius 1 is 1.07 bits per heavy atom. The molecule has 0 amide bonds. The van der Waals surface area contributed by atoms with Crippen LogP contribution >= 0.6 is 11.6 Å². The highest BCUT2D eigenvalue weighted by Crippen LogP contribution is 2.40. The first-order valence-electron chi connectivity index (χ1n) is 9.37. The van der Waals surface area contributed by atoms with Gasteiger partial charge in [0, 0.05) is 36.2 Å². The van der Waals surface area contributed by atoms with Crippen molar-refractivity contribution in [1.29, 1.82) is 0 Å². The van der Waals surface area contributed by atoms with Crippen molar-refractivity contribution in [3.05, 3.63) is 107 Å². The SMILES string of the molecule is C=C1N(Cc2cccnc2)CC(c2cccc(C(F)(F)F)c2)N1c1ccc(Cl)cc1. The molecular formula is C23H19ClF3N3. The molecule has 2 heterocycles. The molecule has 0 saturated carbocycles. The van der Waals surface area contributed by atoms with Crippen LogP contribution in [0.2, 0.25) is 5.02 Å². The fourth-order valence-electron chi connectivity index (χ4n) is 3.70. The number of benzene rings is 2. The van der Waals surface area contributed by atoms with Gasteiger partial charge in [0.25, 0.3) is 0 Å². The maximum absolute atomic E-state index is 13.3. The van der Waals surface area contributed by atoms with Crippen LogP contribution in [0, 0.1) is 0 Å². The van der Waals surface area contributed by atoms with Crippen LogP contribution in [0.25, 0.3) is 0 Å². The van der Waals surface area contributed by atoms with Crippen molar-refractivity contribution in [3.8, 4) is 0 Å². The molecule has 1 unspecified atom stereocenters. The van der Waals surface area contributed by atoms with Crippen LogP contribution in [0.4, 0.5) is 18.9 Å². The Balaban J connectivity index is 1.72. The fourth-order valence-corrected chi connectivity index (χ4v) is 3.83. The summed E-state index contributed by atoms with van der Waals surface area (Å²) in [6.45, 7) is 5.29. The van der Waals surface area contributed by atoms with Gasteiger partial charge in [-0.2, -0.15) is 13.2 Å². The van der Waals surface area contributed by atoms with Gasteiger partial charge in [-0.25, -0.2) is 0 Å². The van der Waals surface area contributed by atoms with E-state index >= 15 is 0 Å². The summed E-state index contributed by atoms with van der Waals surface area (Å²) in [5, 5.41) is 0.589. The van der Waals surface area contributed by atoms with Crippen LogP contribution in [-0.2, 0) is 12.7 Å². The first-order valence-corrected chi connectivity index (χ1v) is 9.75. The van der Waals surface area contributed by atoms with Crippen molar-refractivity contribution >= 4 is 17.3 Å². The second kappa shape index (κ2) is 8.03. The topological polar surface area (TPSA) is 19.4 Å². The van der Waals surface area contributed by atoms with E-state index < -0.39 is 11.7 Å². The second-order valence-corrected chi connectivity index (χ2v) is 7.58. The normalized spacial score (nSPS) is 16.9. The molecule has 2 aromatic carbocycles. The summed E-state index contributed by atoms with van der Waals surface area (Å²) < 4.78 is 39.9. The van der Waals surface area contributed by atoms with Gasteiger partial charge in [0.2, 0.25) is 0 Å². The smallest absolute Gasteiger partial charge is 0.352 e. The highest BCUT2D eigenvalue weighted by molar-refractivity contribution is 6.30. The van der Waals surface area contributed by atoms with Gasteiger partial charge in [-0.15, -0.1) is 0 Å². The molecule has 0 spiro atoms. The van der Waals surface area contributed by atoms with Crippen molar-refractivity contribution in [2.75, 3.05) is 11.4 Å². The molecule has 0 N–H and O–H groups in total. The maximum Gasteiger partial charge on any atom is 0.416 e. The number of hydrogen-bond acceptors (Lipinski definition) is 3. The first kappa shape index (κ1) is 20.3. The summed E-state index contributed by atoms with van der Waals surface area (Å²) in [6.07, 6.45) is -0.919. The second-order valence-electron chi connectivity index (χ2n) is 7.14. The molecule has 1 aliphatic rings. The molecule has 7 heteroatoms. The molecular weight excluding hydrogens is 411 g/mol. The van der Waals surface area contributed by atoms with E-state index in [9.17, 15) is 13.2 Å². The molecule has 3 nitrogen and oxygen atoms in total. The monoisotopic (exact) mass is 429 g/mol. The maximum atomic E-state index is 13.3. The summed E-state index contributed by atoms with van der Waals surface area (Å²) in [7, 11) is 0. The van der Waals surface area contributed by atoms with Gasteiger partial charge in [-0.3, -0.25) is 4.98 Å². The Bertz CT molecular complexity index is 1040. The van der Waals surface area contributed by atoms with Gasteiger partial charge < -0.3 is 9.80 Å². The van der Waals surface area contributed by atoms with E-state index in [2.05, 4.69) is 16.5 Å². The van der Waals surface area contributed by atoms with Crippen LogP contribution in [-0.4, -0.2) is 16.4 Å². The zero-order valence-corrected chi connectivity index (χ0v) is 16.7. The Kier molecular flexibility index (Phi) is 5.43. The highest BCUT2D eigenvalue weighted by Gasteiger charge is 2.37. The molecule has 1 aromatic heterocycles. The number of hydrogen-bond donors (Lipinski definition) is 0.